The molecule has 0 spiro atoms. The van der Waals surface area contributed by atoms with Gasteiger partial charge in [-0.2, -0.15) is 0 Å². The molecule has 2 aromatic rings. The van der Waals surface area contributed by atoms with E-state index < -0.39 is 6.10 Å². The third kappa shape index (κ3) is 4.56. The highest BCUT2D eigenvalue weighted by molar-refractivity contribution is 7.07. The molecule has 0 radical (unpaired) electrons. The topological polar surface area (TPSA) is 66.3 Å². The number of carbonyl (C=O) groups excluding carboxylic acids is 1. The van der Waals surface area contributed by atoms with Crippen LogP contribution in [-0.2, 0) is 0 Å². The Labute approximate surface area is 138 Å². The Hall–Kier alpha value is -1.86. The van der Waals surface area contributed by atoms with Gasteiger partial charge in [0.15, 0.2) is 0 Å². The summed E-state index contributed by atoms with van der Waals surface area (Å²) in [5, 5.41) is 14.2. The van der Waals surface area contributed by atoms with Gasteiger partial charge in [-0.05, 0) is 42.1 Å². The molecule has 0 aliphatic carbocycles. The largest absolute Gasteiger partial charge is 0.387 e. The zero-order valence-corrected chi connectivity index (χ0v) is 14.2. The van der Waals surface area contributed by atoms with Gasteiger partial charge in [-0.25, -0.2) is 4.39 Å². The number of aromatic nitrogens is 2. The lowest BCUT2D eigenvalue weighted by Gasteiger charge is -2.26. The van der Waals surface area contributed by atoms with Crippen LogP contribution < -0.4 is 0 Å². The summed E-state index contributed by atoms with van der Waals surface area (Å²) in [6.45, 7) is 6.39. The molecule has 1 amide bonds. The molecule has 23 heavy (non-hydrogen) atoms. The number of aliphatic hydroxyl groups excluding tert-OH is 1. The van der Waals surface area contributed by atoms with Gasteiger partial charge in [0.1, 0.15) is 10.7 Å². The molecule has 1 atom stereocenters. The van der Waals surface area contributed by atoms with E-state index in [2.05, 4.69) is 9.59 Å². The second kappa shape index (κ2) is 7.61. The van der Waals surface area contributed by atoms with E-state index >= 15 is 0 Å². The summed E-state index contributed by atoms with van der Waals surface area (Å²) in [4.78, 5) is 14.7. The van der Waals surface area contributed by atoms with Crippen LogP contribution in [0.25, 0.3) is 0 Å². The first-order valence-electron chi connectivity index (χ1n) is 7.40. The molecule has 0 unspecified atom stereocenters. The van der Waals surface area contributed by atoms with Crippen LogP contribution in [0.5, 0.6) is 0 Å². The standard InChI is InChI=1S/C16H20FN3O2S/c1-10(2)8-20(16(22)15-11(3)18-19-23-15)9-14(21)12-4-6-13(17)7-5-12/h4-7,10,14,21H,8-9H2,1-3H3/t14-/m1/s1. The van der Waals surface area contributed by atoms with Crippen molar-refractivity contribution in [3.63, 3.8) is 0 Å². The molecule has 0 aliphatic heterocycles. The maximum atomic E-state index is 13.0. The minimum absolute atomic E-state index is 0.139. The Balaban J connectivity index is 2.16. The van der Waals surface area contributed by atoms with Gasteiger partial charge in [0.05, 0.1) is 18.3 Å². The van der Waals surface area contributed by atoms with E-state index in [-0.39, 0.29) is 24.2 Å². The lowest BCUT2D eigenvalue weighted by Crippen LogP contribution is -2.37. The summed E-state index contributed by atoms with van der Waals surface area (Å²) in [5.41, 5.74) is 1.16. The van der Waals surface area contributed by atoms with Gasteiger partial charge in [-0.15, -0.1) is 5.10 Å². The third-order valence-electron chi connectivity index (χ3n) is 3.37. The molecular weight excluding hydrogens is 317 g/mol. The molecule has 5 nitrogen and oxygen atoms in total. The van der Waals surface area contributed by atoms with Gasteiger partial charge in [0.25, 0.3) is 5.91 Å². The molecule has 0 bridgehead atoms. The van der Waals surface area contributed by atoms with Crippen molar-refractivity contribution in [2.24, 2.45) is 5.92 Å². The van der Waals surface area contributed by atoms with Crippen LogP contribution in [0.1, 0.15) is 40.9 Å². The zero-order chi connectivity index (χ0) is 17.0. The number of nitrogens with zero attached hydrogens (tertiary/aromatic N) is 3. The first-order valence-corrected chi connectivity index (χ1v) is 8.17. The summed E-state index contributed by atoms with van der Waals surface area (Å²) < 4.78 is 16.8. The van der Waals surface area contributed by atoms with Crippen LogP contribution in [-0.4, -0.2) is 38.6 Å². The van der Waals surface area contributed by atoms with Crippen molar-refractivity contribution in [2.75, 3.05) is 13.1 Å². The monoisotopic (exact) mass is 337 g/mol. The van der Waals surface area contributed by atoms with Crippen molar-refractivity contribution in [2.45, 2.75) is 26.9 Å². The van der Waals surface area contributed by atoms with Crippen LogP contribution in [0, 0.1) is 18.7 Å². The average Bonchev–Trinajstić information content (AvgIpc) is 2.92. The van der Waals surface area contributed by atoms with E-state index in [1.165, 1.54) is 24.3 Å². The molecule has 124 valence electrons. The number of rotatable bonds is 6. The minimum atomic E-state index is -0.875. The molecule has 1 N–H and O–H groups in total. The van der Waals surface area contributed by atoms with Crippen molar-refractivity contribution in [1.82, 2.24) is 14.5 Å². The molecule has 0 saturated heterocycles. The van der Waals surface area contributed by atoms with Gasteiger partial charge < -0.3 is 10.0 Å². The quantitative estimate of drug-likeness (QED) is 0.880. The average molecular weight is 337 g/mol. The molecular formula is C16H20FN3O2S. The van der Waals surface area contributed by atoms with Gasteiger partial charge >= 0.3 is 0 Å². The normalized spacial score (nSPS) is 12.4. The first kappa shape index (κ1) is 17.5. The van der Waals surface area contributed by atoms with E-state index in [1.807, 2.05) is 13.8 Å². The van der Waals surface area contributed by atoms with Crippen LogP contribution in [0.3, 0.4) is 0 Å². The summed E-state index contributed by atoms with van der Waals surface area (Å²) >= 11 is 1.05. The van der Waals surface area contributed by atoms with Gasteiger partial charge in [0, 0.05) is 6.54 Å². The fourth-order valence-corrected chi connectivity index (χ4v) is 2.88. The lowest BCUT2D eigenvalue weighted by molar-refractivity contribution is 0.0598. The third-order valence-corrected chi connectivity index (χ3v) is 4.18. The SMILES string of the molecule is Cc1nnsc1C(=O)N(CC(C)C)C[C@@H](O)c1ccc(F)cc1. The Morgan fingerprint density at radius 2 is 1.96 bits per heavy atom. The maximum Gasteiger partial charge on any atom is 0.267 e. The predicted octanol–water partition coefficient (Wildman–Crippen LogP) is 2.82. The van der Waals surface area contributed by atoms with Crippen molar-refractivity contribution in [3.8, 4) is 0 Å². The van der Waals surface area contributed by atoms with Crippen molar-refractivity contribution < 1.29 is 14.3 Å². The summed E-state index contributed by atoms with van der Waals surface area (Å²) in [7, 11) is 0. The summed E-state index contributed by atoms with van der Waals surface area (Å²) in [5.74, 6) is -0.296. The molecule has 2 rings (SSSR count). The van der Waals surface area contributed by atoms with Crippen LogP contribution in [0.2, 0.25) is 0 Å². The summed E-state index contributed by atoms with van der Waals surface area (Å²) in [6.07, 6.45) is -0.875. The number of hydrogen-bond donors (Lipinski definition) is 1. The number of halogens is 1. The molecule has 0 fully saturated rings. The molecule has 7 heteroatoms. The van der Waals surface area contributed by atoms with Gasteiger partial charge in [-0.1, -0.05) is 30.5 Å². The molecule has 1 heterocycles. The van der Waals surface area contributed by atoms with Crippen molar-refractivity contribution in [1.29, 1.82) is 0 Å². The first-order chi connectivity index (χ1) is 10.9. The fourth-order valence-electron chi connectivity index (χ4n) is 2.25. The number of benzene rings is 1. The lowest BCUT2D eigenvalue weighted by atomic mass is 10.1. The highest BCUT2D eigenvalue weighted by atomic mass is 32.1. The van der Waals surface area contributed by atoms with E-state index in [9.17, 15) is 14.3 Å². The highest BCUT2D eigenvalue weighted by Gasteiger charge is 2.24. The van der Waals surface area contributed by atoms with Crippen LogP contribution >= 0.6 is 11.5 Å². The predicted molar refractivity (Wildman–Crippen MR) is 86.7 cm³/mol. The second-order valence-electron chi connectivity index (χ2n) is 5.86. The van der Waals surface area contributed by atoms with Crippen molar-refractivity contribution in [3.05, 3.63) is 46.2 Å². The Kier molecular flexibility index (Phi) is 5.79. The molecule has 0 saturated carbocycles. The number of carbonyl (C=O) groups is 1. The fraction of sp³-hybridized carbons (Fsp3) is 0.438. The van der Waals surface area contributed by atoms with E-state index in [0.29, 0.717) is 22.7 Å². The van der Waals surface area contributed by atoms with E-state index in [0.717, 1.165) is 11.5 Å². The zero-order valence-electron chi connectivity index (χ0n) is 13.4. The number of aliphatic hydroxyl groups is 1. The highest BCUT2D eigenvalue weighted by Crippen LogP contribution is 2.19. The minimum Gasteiger partial charge on any atom is -0.387 e. The molecule has 0 aliphatic rings. The van der Waals surface area contributed by atoms with E-state index in [4.69, 9.17) is 0 Å². The van der Waals surface area contributed by atoms with Crippen LogP contribution in [0.15, 0.2) is 24.3 Å². The second-order valence-corrected chi connectivity index (χ2v) is 6.61. The Morgan fingerprint density at radius 1 is 1.30 bits per heavy atom. The summed E-state index contributed by atoms with van der Waals surface area (Å²) in [6, 6.07) is 5.64. The van der Waals surface area contributed by atoms with E-state index in [1.54, 1.807) is 11.8 Å². The number of hydrogen-bond acceptors (Lipinski definition) is 5. The number of aryl methyl sites for hydroxylation is 1. The van der Waals surface area contributed by atoms with Crippen LogP contribution in [0.4, 0.5) is 4.39 Å². The maximum absolute atomic E-state index is 13.0. The van der Waals surface area contributed by atoms with Gasteiger partial charge in [0.2, 0.25) is 0 Å². The number of amides is 1. The smallest absolute Gasteiger partial charge is 0.267 e. The molecule has 1 aromatic heterocycles. The Morgan fingerprint density at radius 3 is 2.48 bits per heavy atom. The Bertz CT molecular complexity index is 658. The van der Waals surface area contributed by atoms with Gasteiger partial charge in [-0.3, -0.25) is 4.79 Å². The van der Waals surface area contributed by atoms with Crippen molar-refractivity contribution >= 4 is 17.4 Å². The molecule has 1 aromatic carbocycles.